The van der Waals surface area contributed by atoms with Crippen LogP contribution in [0.15, 0.2) is 24.3 Å². The zero-order valence-corrected chi connectivity index (χ0v) is 12.4. The van der Waals surface area contributed by atoms with Crippen molar-refractivity contribution in [3.63, 3.8) is 0 Å². The Morgan fingerprint density at radius 2 is 2.05 bits per heavy atom. The first-order chi connectivity index (χ1) is 10.5. The van der Waals surface area contributed by atoms with Crippen LogP contribution in [0.4, 0.5) is 5.69 Å². The highest BCUT2D eigenvalue weighted by atomic mass is 16.4. The molecular formula is C16H20N2O4. The van der Waals surface area contributed by atoms with Gasteiger partial charge in [0.25, 0.3) is 0 Å². The summed E-state index contributed by atoms with van der Waals surface area (Å²) in [4.78, 5) is 36.2. The van der Waals surface area contributed by atoms with Crippen LogP contribution < -0.4 is 5.32 Å². The van der Waals surface area contributed by atoms with Gasteiger partial charge >= 0.3 is 5.97 Å². The number of hydrogen-bond donors (Lipinski definition) is 2. The Hall–Kier alpha value is -2.37. The van der Waals surface area contributed by atoms with Gasteiger partial charge in [-0.2, -0.15) is 0 Å². The summed E-state index contributed by atoms with van der Waals surface area (Å²) in [6, 6.07) is 6.73. The molecule has 1 saturated heterocycles. The molecule has 0 unspecified atom stereocenters. The van der Waals surface area contributed by atoms with Gasteiger partial charge in [-0.1, -0.05) is 18.6 Å². The Morgan fingerprint density at radius 1 is 1.23 bits per heavy atom. The van der Waals surface area contributed by atoms with Crippen LogP contribution in [0.25, 0.3) is 0 Å². The summed E-state index contributed by atoms with van der Waals surface area (Å²) in [5, 5.41) is 11.5. The minimum Gasteiger partial charge on any atom is -0.481 e. The summed E-state index contributed by atoms with van der Waals surface area (Å²) in [5.41, 5.74) is 1.17. The number of likely N-dealkylation sites (tertiary alicyclic amines) is 1. The number of rotatable bonds is 5. The first kappa shape index (κ1) is 16.0. The number of hydrogen-bond acceptors (Lipinski definition) is 3. The summed E-state index contributed by atoms with van der Waals surface area (Å²) in [7, 11) is 0. The van der Waals surface area contributed by atoms with Crippen LogP contribution in [-0.4, -0.2) is 40.9 Å². The average molecular weight is 304 g/mol. The molecule has 6 nitrogen and oxygen atoms in total. The first-order valence-electron chi connectivity index (χ1n) is 7.43. The molecule has 0 bridgehead atoms. The Labute approximate surface area is 129 Å². The number of nitrogens with zero attached hydrogens (tertiary/aromatic N) is 1. The minimum absolute atomic E-state index is 0.0206. The van der Waals surface area contributed by atoms with Crippen LogP contribution in [0.5, 0.6) is 0 Å². The van der Waals surface area contributed by atoms with Gasteiger partial charge in [0.1, 0.15) is 0 Å². The Balaban J connectivity index is 1.93. The summed E-state index contributed by atoms with van der Waals surface area (Å²) in [5.74, 6) is -1.16. The zero-order chi connectivity index (χ0) is 15.9. The molecule has 118 valence electrons. The van der Waals surface area contributed by atoms with Gasteiger partial charge < -0.3 is 15.3 Å². The van der Waals surface area contributed by atoms with Gasteiger partial charge in [-0.25, -0.2) is 0 Å². The summed E-state index contributed by atoms with van der Waals surface area (Å²) >= 11 is 0. The van der Waals surface area contributed by atoms with E-state index in [-0.39, 0.29) is 24.8 Å². The zero-order valence-electron chi connectivity index (χ0n) is 12.4. The van der Waals surface area contributed by atoms with E-state index in [2.05, 4.69) is 5.32 Å². The molecule has 0 spiro atoms. The highest BCUT2D eigenvalue weighted by Gasteiger charge is 2.19. The number of carboxylic acids is 1. The molecule has 2 N–H and O–H groups in total. The monoisotopic (exact) mass is 304 g/mol. The van der Waals surface area contributed by atoms with Crippen LogP contribution in [0.3, 0.4) is 0 Å². The molecule has 1 aliphatic rings. The van der Waals surface area contributed by atoms with E-state index in [1.807, 2.05) is 0 Å². The number of carboxylic acid groups (broad SMARTS) is 1. The van der Waals surface area contributed by atoms with Crippen molar-refractivity contribution in [1.29, 1.82) is 0 Å². The van der Waals surface area contributed by atoms with Crippen LogP contribution >= 0.6 is 0 Å². The fourth-order valence-electron chi connectivity index (χ4n) is 2.51. The number of anilines is 1. The number of carbonyl (C=O) groups excluding carboxylic acids is 2. The lowest BCUT2D eigenvalue weighted by atomic mass is 10.1. The lowest BCUT2D eigenvalue weighted by molar-refractivity contribution is -0.136. The van der Waals surface area contributed by atoms with Crippen LogP contribution in [-0.2, 0) is 20.8 Å². The van der Waals surface area contributed by atoms with E-state index in [0.717, 1.165) is 19.3 Å². The van der Waals surface area contributed by atoms with Crippen LogP contribution in [0.2, 0.25) is 0 Å². The van der Waals surface area contributed by atoms with Crippen LogP contribution in [0.1, 0.15) is 31.2 Å². The molecule has 1 aliphatic heterocycles. The van der Waals surface area contributed by atoms with Crippen molar-refractivity contribution >= 4 is 23.5 Å². The van der Waals surface area contributed by atoms with Gasteiger partial charge in [-0.05, 0) is 30.5 Å². The highest BCUT2D eigenvalue weighted by Crippen LogP contribution is 2.13. The molecule has 6 heteroatoms. The molecule has 0 saturated carbocycles. The Kier molecular flexibility index (Phi) is 5.52. The SMILES string of the molecule is O=C(O)Cc1cccc(NC(=O)CN2CCCCCC2=O)c1. The normalized spacial score (nSPS) is 15.3. The Bertz CT molecular complexity index is 571. The number of benzene rings is 1. The van der Waals surface area contributed by atoms with Crippen molar-refractivity contribution in [2.45, 2.75) is 32.1 Å². The van der Waals surface area contributed by atoms with Gasteiger partial charge in [0.05, 0.1) is 13.0 Å². The number of carbonyl (C=O) groups is 3. The van der Waals surface area contributed by atoms with E-state index in [9.17, 15) is 14.4 Å². The van der Waals surface area contributed by atoms with E-state index < -0.39 is 5.97 Å². The van der Waals surface area contributed by atoms with Gasteiger partial charge in [-0.15, -0.1) is 0 Å². The van der Waals surface area contributed by atoms with Gasteiger partial charge in [0, 0.05) is 18.7 Å². The summed E-state index contributed by atoms with van der Waals surface area (Å²) < 4.78 is 0. The third-order valence-corrected chi connectivity index (χ3v) is 3.57. The third kappa shape index (κ3) is 4.87. The second-order valence-electron chi connectivity index (χ2n) is 5.45. The molecule has 0 radical (unpaired) electrons. The molecular weight excluding hydrogens is 284 g/mol. The molecule has 0 aromatic heterocycles. The maximum atomic E-state index is 12.1. The maximum absolute atomic E-state index is 12.1. The second-order valence-corrected chi connectivity index (χ2v) is 5.45. The molecule has 1 aromatic carbocycles. The van der Waals surface area contributed by atoms with Crippen molar-refractivity contribution in [2.75, 3.05) is 18.4 Å². The molecule has 2 amide bonds. The summed E-state index contributed by atoms with van der Waals surface area (Å²) in [6.45, 7) is 0.660. The van der Waals surface area contributed by atoms with Gasteiger partial charge in [0.15, 0.2) is 0 Å². The molecule has 1 heterocycles. The number of amides is 2. The average Bonchev–Trinajstić information content (AvgIpc) is 2.64. The van der Waals surface area contributed by atoms with E-state index >= 15 is 0 Å². The van der Waals surface area contributed by atoms with Crippen LogP contribution in [0, 0.1) is 0 Å². The van der Waals surface area contributed by atoms with E-state index in [1.165, 1.54) is 0 Å². The lowest BCUT2D eigenvalue weighted by Crippen LogP contribution is -2.37. The third-order valence-electron chi connectivity index (χ3n) is 3.57. The lowest BCUT2D eigenvalue weighted by Gasteiger charge is -2.19. The molecule has 0 atom stereocenters. The predicted octanol–water partition coefficient (Wildman–Crippen LogP) is 1.65. The fourth-order valence-corrected chi connectivity index (χ4v) is 2.51. The molecule has 22 heavy (non-hydrogen) atoms. The van der Waals surface area contributed by atoms with Crippen molar-refractivity contribution in [3.05, 3.63) is 29.8 Å². The second kappa shape index (κ2) is 7.59. The molecule has 1 fully saturated rings. The summed E-state index contributed by atoms with van der Waals surface area (Å²) in [6.07, 6.45) is 3.23. The van der Waals surface area contributed by atoms with Crippen molar-refractivity contribution < 1.29 is 19.5 Å². The van der Waals surface area contributed by atoms with Gasteiger partial charge in [0.2, 0.25) is 11.8 Å². The Morgan fingerprint density at radius 3 is 2.82 bits per heavy atom. The molecule has 2 rings (SSSR count). The van der Waals surface area contributed by atoms with Gasteiger partial charge in [-0.3, -0.25) is 14.4 Å². The predicted molar refractivity (Wildman–Crippen MR) is 81.5 cm³/mol. The quantitative estimate of drug-likeness (QED) is 0.866. The first-order valence-corrected chi connectivity index (χ1v) is 7.43. The maximum Gasteiger partial charge on any atom is 0.307 e. The topological polar surface area (TPSA) is 86.7 Å². The number of aliphatic carboxylic acids is 1. The molecule has 1 aromatic rings. The van der Waals surface area contributed by atoms with Crippen molar-refractivity contribution in [3.8, 4) is 0 Å². The smallest absolute Gasteiger partial charge is 0.307 e. The van der Waals surface area contributed by atoms with E-state index in [4.69, 9.17) is 5.11 Å². The highest BCUT2D eigenvalue weighted by molar-refractivity contribution is 5.94. The fraction of sp³-hybridized carbons (Fsp3) is 0.438. The van der Waals surface area contributed by atoms with Crippen molar-refractivity contribution in [2.24, 2.45) is 0 Å². The van der Waals surface area contributed by atoms with E-state index in [0.29, 0.717) is 24.2 Å². The standard InChI is InChI=1S/C16H20N2O4/c19-14(11-18-8-3-1-2-7-15(18)20)17-13-6-4-5-12(9-13)10-16(21)22/h4-6,9H,1-3,7-8,10-11H2,(H,17,19)(H,21,22). The minimum atomic E-state index is -0.918. The largest absolute Gasteiger partial charge is 0.481 e. The number of nitrogens with one attached hydrogen (secondary N) is 1. The van der Waals surface area contributed by atoms with E-state index in [1.54, 1.807) is 29.2 Å². The van der Waals surface area contributed by atoms with Crippen molar-refractivity contribution in [1.82, 2.24) is 4.90 Å². The molecule has 0 aliphatic carbocycles.